The molecule has 0 saturated heterocycles. The highest BCUT2D eigenvalue weighted by Crippen LogP contribution is 2.19. The van der Waals surface area contributed by atoms with E-state index in [0.29, 0.717) is 12.1 Å². The zero-order valence-electron chi connectivity index (χ0n) is 9.37. The van der Waals surface area contributed by atoms with E-state index in [1.165, 1.54) is 6.07 Å². The normalized spacial score (nSPS) is 9.65. The van der Waals surface area contributed by atoms with Crippen molar-refractivity contribution < 1.29 is 9.90 Å². The molecule has 0 aliphatic heterocycles. The molecule has 1 aromatic rings. The van der Waals surface area contributed by atoms with E-state index in [4.69, 9.17) is 6.42 Å². The number of carbonyl (C=O) groups is 1. The second-order valence-corrected chi connectivity index (χ2v) is 4.82. The van der Waals surface area contributed by atoms with Crippen LogP contribution in [0.5, 0.6) is 5.75 Å². The second-order valence-electron chi connectivity index (χ2n) is 3.58. The van der Waals surface area contributed by atoms with Gasteiger partial charge in [-0.2, -0.15) is 0 Å². The van der Waals surface area contributed by atoms with E-state index in [9.17, 15) is 9.90 Å². The summed E-state index contributed by atoms with van der Waals surface area (Å²) in [7, 11) is 0. The number of halogens is 1. The van der Waals surface area contributed by atoms with Crippen molar-refractivity contribution >= 4 is 28.5 Å². The molecule has 0 fully saturated rings. The lowest BCUT2D eigenvalue weighted by Crippen LogP contribution is -2.24. The first-order valence-electron chi connectivity index (χ1n) is 5.35. The van der Waals surface area contributed by atoms with Crippen LogP contribution in [-0.2, 0) is 0 Å². The van der Waals surface area contributed by atoms with E-state index in [0.717, 1.165) is 22.8 Å². The molecule has 1 rings (SSSR count). The van der Waals surface area contributed by atoms with Crippen LogP contribution >= 0.6 is 22.6 Å². The molecular weight excluding hydrogens is 329 g/mol. The summed E-state index contributed by atoms with van der Waals surface area (Å²) in [5, 5.41) is 12.3. The van der Waals surface area contributed by atoms with Crippen molar-refractivity contribution in [1.82, 2.24) is 5.32 Å². The number of aromatic hydroxyl groups is 1. The lowest BCUT2D eigenvalue weighted by Gasteiger charge is -2.06. The molecule has 0 bridgehead atoms. The molecule has 0 saturated carbocycles. The number of hydrogen-bond acceptors (Lipinski definition) is 2. The van der Waals surface area contributed by atoms with Crippen molar-refractivity contribution in [2.24, 2.45) is 0 Å². The van der Waals surface area contributed by atoms with Gasteiger partial charge in [0.05, 0.1) is 5.56 Å². The van der Waals surface area contributed by atoms with E-state index >= 15 is 0 Å². The second kappa shape index (κ2) is 7.17. The number of amides is 1. The SMILES string of the molecule is C#CCCCCNC(=O)c1cc(I)ccc1O. The number of nitrogens with one attached hydrogen (secondary N) is 1. The van der Waals surface area contributed by atoms with Crippen LogP contribution in [0, 0.1) is 15.9 Å². The predicted octanol–water partition coefficient (Wildman–Crippen LogP) is 2.53. The minimum absolute atomic E-state index is 0.00606. The molecule has 1 aromatic carbocycles. The van der Waals surface area contributed by atoms with Gasteiger partial charge >= 0.3 is 0 Å². The molecule has 0 radical (unpaired) electrons. The molecule has 17 heavy (non-hydrogen) atoms. The Morgan fingerprint density at radius 1 is 1.47 bits per heavy atom. The molecule has 0 aliphatic rings. The molecule has 0 aromatic heterocycles. The summed E-state index contributed by atoms with van der Waals surface area (Å²) >= 11 is 2.10. The fraction of sp³-hybridized carbons (Fsp3) is 0.308. The van der Waals surface area contributed by atoms with Crippen LogP contribution < -0.4 is 5.32 Å². The molecule has 90 valence electrons. The number of rotatable bonds is 5. The van der Waals surface area contributed by atoms with Crippen LogP contribution in [0.2, 0.25) is 0 Å². The lowest BCUT2D eigenvalue weighted by atomic mass is 10.2. The summed E-state index contributed by atoms with van der Waals surface area (Å²) < 4.78 is 0.915. The van der Waals surface area contributed by atoms with Gasteiger partial charge in [-0.05, 0) is 53.6 Å². The number of phenolic OH excluding ortho intramolecular Hbond substituents is 1. The quantitative estimate of drug-likeness (QED) is 0.490. The van der Waals surface area contributed by atoms with Crippen LogP contribution in [0.25, 0.3) is 0 Å². The van der Waals surface area contributed by atoms with Gasteiger partial charge in [0.15, 0.2) is 0 Å². The fourth-order valence-corrected chi connectivity index (χ4v) is 1.83. The van der Waals surface area contributed by atoms with Gasteiger partial charge in [0, 0.05) is 16.5 Å². The van der Waals surface area contributed by atoms with E-state index in [-0.39, 0.29) is 11.7 Å². The van der Waals surface area contributed by atoms with Crippen molar-refractivity contribution in [2.75, 3.05) is 6.54 Å². The Balaban J connectivity index is 2.47. The van der Waals surface area contributed by atoms with Gasteiger partial charge in [0.1, 0.15) is 5.75 Å². The first-order valence-corrected chi connectivity index (χ1v) is 6.43. The highest BCUT2D eigenvalue weighted by Gasteiger charge is 2.10. The van der Waals surface area contributed by atoms with Gasteiger partial charge in [0.25, 0.3) is 5.91 Å². The summed E-state index contributed by atoms with van der Waals surface area (Å²) in [6.45, 7) is 0.575. The van der Waals surface area contributed by atoms with Crippen molar-refractivity contribution in [3.63, 3.8) is 0 Å². The minimum atomic E-state index is -0.248. The maximum Gasteiger partial charge on any atom is 0.255 e. The molecule has 0 unspecified atom stereocenters. The molecule has 2 N–H and O–H groups in total. The summed E-state index contributed by atoms with van der Waals surface area (Å²) in [5.74, 6) is 2.31. The van der Waals surface area contributed by atoms with Gasteiger partial charge in [-0.15, -0.1) is 12.3 Å². The van der Waals surface area contributed by atoms with E-state index in [1.807, 2.05) is 0 Å². The average molecular weight is 343 g/mol. The number of terminal acetylenes is 1. The molecule has 1 amide bonds. The Hall–Kier alpha value is -1.22. The Morgan fingerprint density at radius 2 is 2.24 bits per heavy atom. The number of phenols is 1. The van der Waals surface area contributed by atoms with Crippen molar-refractivity contribution in [2.45, 2.75) is 19.3 Å². The van der Waals surface area contributed by atoms with Gasteiger partial charge in [-0.25, -0.2) is 0 Å². The molecule has 0 atom stereocenters. The van der Waals surface area contributed by atoms with Crippen LogP contribution in [0.4, 0.5) is 0 Å². The van der Waals surface area contributed by atoms with E-state index in [2.05, 4.69) is 33.8 Å². The molecule has 3 nitrogen and oxygen atoms in total. The van der Waals surface area contributed by atoms with Crippen LogP contribution in [0.3, 0.4) is 0 Å². The third kappa shape index (κ3) is 4.65. The maximum absolute atomic E-state index is 11.7. The minimum Gasteiger partial charge on any atom is -0.507 e. The first kappa shape index (κ1) is 13.8. The summed E-state index contributed by atoms with van der Waals surface area (Å²) in [6, 6.07) is 4.93. The number of unbranched alkanes of at least 4 members (excludes halogenated alkanes) is 2. The van der Waals surface area contributed by atoms with Gasteiger partial charge in [-0.3, -0.25) is 4.79 Å². The molecule has 0 aliphatic carbocycles. The largest absolute Gasteiger partial charge is 0.507 e. The maximum atomic E-state index is 11.7. The summed E-state index contributed by atoms with van der Waals surface area (Å²) in [6.07, 6.45) is 7.60. The fourth-order valence-electron chi connectivity index (χ4n) is 1.34. The van der Waals surface area contributed by atoms with Crippen LogP contribution in [0.15, 0.2) is 18.2 Å². The van der Waals surface area contributed by atoms with Crippen molar-refractivity contribution in [3.8, 4) is 18.1 Å². The topological polar surface area (TPSA) is 49.3 Å². The number of carbonyl (C=O) groups excluding carboxylic acids is 1. The standard InChI is InChI=1S/C13H14INO2/c1-2-3-4-5-8-15-13(17)11-9-10(14)6-7-12(11)16/h1,6-7,9,16H,3-5,8H2,(H,15,17). The molecular formula is C13H14INO2. The highest BCUT2D eigenvalue weighted by molar-refractivity contribution is 14.1. The Morgan fingerprint density at radius 3 is 2.94 bits per heavy atom. The monoisotopic (exact) mass is 343 g/mol. The lowest BCUT2D eigenvalue weighted by molar-refractivity contribution is 0.0950. The van der Waals surface area contributed by atoms with Crippen molar-refractivity contribution in [1.29, 1.82) is 0 Å². The zero-order valence-corrected chi connectivity index (χ0v) is 11.5. The zero-order chi connectivity index (χ0) is 12.7. The Bertz CT molecular complexity index is 438. The highest BCUT2D eigenvalue weighted by atomic mass is 127. The Labute approximate surface area is 115 Å². The third-order valence-electron chi connectivity index (χ3n) is 2.24. The molecule has 0 spiro atoms. The third-order valence-corrected chi connectivity index (χ3v) is 2.91. The smallest absolute Gasteiger partial charge is 0.255 e. The number of hydrogen-bond donors (Lipinski definition) is 2. The number of benzene rings is 1. The first-order chi connectivity index (χ1) is 8.15. The van der Waals surface area contributed by atoms with Gasteiger partial charge in [-0.1, -0.05) is 0 Å². The summed E-state index contributed by atoms with van der Waals surface area (Å²) in [5.41, 5.74) is 0.314. The van der Waals surface area contributed by atoms with Gasteiger partial charge in [0.2, 0.25) is 0 Å². The molecule has 4 heteroatoms. The van der Waals surface area contributed by atoms with Gasteiger partial charge < -0.3 is 10.4 Å². The van der Waals surface area contributed by atoms with Crippen LogP contribution in [0.1, 0.15) is 29.6 Å². The van der Waals surface area contributed by atoms with Crippen molar-refractivity contribution in [3.05, 3.63) is 27.3 Å². The molecule has 0 heterocycles. The summed E-state index contributed by atoms with van der Waals surface area (Å²) in [4.78, 5) is 11.7. The Kier molecular flexibility index (Phi) is 5.84. The van der Waals surface area contributed by atoms with Crippen LogP contribution in [-0.4, -0.2) is 17.6 Å². The van der Waals surface area contributed by atoms with E-state index in [1.54, 1.807) is 12.1 Å². The average Bonchev–Trinajstić information content (AvgIpc) is 2.32. The predicted molar refractivity (Wildman–Crippen MR) is 75.8 cm³/mol. The van der Waals surface area contributed by atoms with E-state index < -0.39 is 0 Å².